The molecule has 2 aromatic rings. The molecule has 0 aliphatic carbocycles. The van der Waals surface area contributed by atoms with Crippen molar-refractivity contribution in [2.24, 2.45) is 0 Å². The number of aromatic nitrogens is 2. The van der Waals surface area contributed by atoms with E-state index in [9.17, 15) is 19.7 Å². The summed E-state index contributed by atoms with van der Waals surface area (Å²) in [5, 5.41) is 11.0. The highest BCUT2D eigenvalue weighted by atomic mass is 16.6. The van der Waals surface area contributed by atoms with Crippen LogP contribution in [-0.2, 0) is 11.3 Å². The summed E-state index contributed by atoms with van der Waals surface area (Å²) in [6.45, 7) is 7.47. The van der Waals surface area contributed by atoms with Crippen LogP contribution in [0.4, 0.5) is 5.69 Å². The first-order valence-corrected chi connectivity index (χ1v) is 7.67. The third-order valence-electron chi connectivity index (χ3n) is 3.72. The number of carbonyl (C=O) groups excluding carboxylic acids is 1. The van der Waals surface area contributed by atoms with Crippen molar-refractivity contribution in [2.45, 2.75) is 46.3 Å². The van der Waals surface area contributed by atoms with Crippen molar-refractivity contribution in [1.82, 2.24) is 14.5 Å². The molecule has 0 fully saturated rings. The molecule has 2 rings (SSSR count). The maximum absolute atomic E-state index is 12.5. The van der Waals surface area contributed by atoms with Crippen LogP contribution in [0.2, 0.25) is 0 Å². The molecule has 0 aliphatic heterocycles. The van der Waals surface area contributed by atoms with Crippen LogP contribution in [0.5, 0.6) is 0 Å². The summed E-state index contributed by atoms with van der Waals surface area (Å²) >= 11 is 0. The smallest absolute Gasteiger partial charge is 0.270 e. The molecule has 0 atom stereocenters. The fourth-order valence-electron chi connectivity index (χ4n) is 2.77. The van der Waals surface area contributed by atoms with Crippen molar-refractivity contribution in [2.75, 3.05) is 0 Å². The van der Waals surface area contributed by atoms with Gasteiger partial charge in [-0.15, -0.1) is 0 Å². The molecule has 128 valence electrons. The van der Waals surface area contributed by atoms with Crippen molar-refractivity contribution in [3.05, 3.63) is 45.0 Å². The van der Waals surface area contributed by atoms with Gasteiger partial charge in [0.2, 0.25) is 5.91 Å². The summed E-state index contributed by atoms with van der Waals surface area (Å²) in [5.41, 5.74) is -0.292. The van der Waals surface area contributed by atoms with Crippen LogP contribution < -0.4 is 5.56 Å². The highest BCUT2D eigenvalue weighted by Crippen LogP contribution is 2.16. The van der Waals surface area contributed by atoms with Gasteiger partial charge < -0.3 is 4.90 Å². The first-order chi connectivity index (χ1) is 11.2. The highest BCUT2D eigenvalue weighted by Gasteiger charge is 2.21. The summed E-state index contributed by atoms with van der Waals surface area (Å²) < 4.78 is 1.19. The lowest BCUT2D eigenvalue weighted by Gasteiger charge is -2.31. The lowest BCUT2D eigenvalue weighted by atomic mass is 10.2. The first kappa shape index (κ1) is 17.6. The van der Waals surface area contributed by atoms with Gasteiger partial charge in [-0.25, -0.2) is 4.98 Å². The van der Waals surface area contributed by atoms with Gasteiger partial charge >= 0.3 is 0 Å². The van der Waals surface area contributed by atoms with Gasteiger partial charge in [-0.05, 0) is 33.8 Å². The van der Waals surface area contributed by atoms with Crippen LogP contribution >= 0.6 is 0 Å². The Hall–Kier alpha value is -2.77. The Balaban J connectivity index is 2.43. The number of hydrogen-bond acceptors (Lipinski definition) is 5. The third kappa shape index (κ3) is 3.42. The summed E-state index contributed by atoms with van der Waals surface area (Å²) in [6, 6.07) is 3.92. The predicted molar refractivity (Wildman–Crippen MR) is 89.8 cm³/mol. The van der Waals surface area contributed by atoms with E-state index < -0.39 is 10.5 Å². The Morgan fingerprint density at radius 1 is 1.29 bits per heavy atom. The van der Waals surface area contributed by atoms with Gasteiger partial charge in [0.05, 0.1) is 22.2 Å². The van der Waals surface area contributed by atoms with Crippen molar-refractivity contribution in [1.29, 1.82) is 0 Å². The second-order valence-electron chi connectivity index (χ2n) is 6.12. The zero-order valence-corrected chi connectivity index (χ0v) is 14.1. The minimum Gasteiger partial charge on any atom is -0.336 e. The zero-order chi connectivity index (χ0) is 18.0. The van der Waals surface area contributed by atoms with Gasteiger partial charge in [0.15, 0.2) is 0 Å². The molecule has 1 aromatic carbocycles. The summed E-state index contributed by atoms with van der Waals surface area (Å²) in [4.78, 5) is 41.1. The molecule has 0 saturated heterocycles. The number of benzene rings is 1. The van der Waals surface area contributed by atoms with Crippen LogP contribution in [0.25, 0.3) is 10.9 Å². The van der Waals surface area contributed by atoms with Gasteiger partial charge in [-0.3, -0.25) is 24.3 Å². The molecule has 0 bridgehead atoms. The van der Waals surface area contributed by atoms with E-state index in [0.29, 0.717) is 5.52 Å². The number of non-ortho nitro benzene ring substituents is 1. The topological polar surface area (TPSA) is 98.3 Å². The molecule has 8 nitrogen and oxygen atoms in total. The standard InChI is InChI=1S/C16H20N4O4/c1-10(2)19(11(3)4)15(21)8-18-9-17-14-6-5-12(20(23)24)7-13(14)16(18)22/h5-7,9-11H,8H2,1-4H3. The Morgan fingerprint density at radius 3 is 2.46 bits per heavy atom. The monoisotopic (exact) mass is 332 g/mol. The number of rotatable bonds is 5. The average Bonchev–Trinajstić information content (AvgIpc) is 2.49. The lowest BCUT2D eigenvalue weighted by Crippen LogP contribution is -2.44. The number of carbonyl (C=O) groups is 1. The van der Waals surface area contributed by atoms with Crippen molar-refractivity contribution >= 4 is 22.5 Å². The normalized spacial score (nSPS) is 11.2. The minimum atomic E-state index is -0.569. The van der Waals surface area contributed by atoms with Crippen LogP contribution in [-0.4, -0.2) is 37.4 Å². The van der Waals surface area contributed by atoms with Crippen molar-refractivity contribution in [3.63, 3.8) is 0 Å². The number of hydrogen-bond donors (Lipinski definition) is 0. The summed E-state index contributed by atoms with van der Waals surface area (Å²) in [6.07, 6.45) is 1.30. The van der Waals surface area contributed by atoms with E-state index in [1.807, 2.05) is 27.7 Å². The maximum Gasteiger partial charge on any atom is 0.270 e. The molecule has 1 heterocycles. The van der Waals surface area contributed by atoms with Gasteiger partial charge in [-0.1, -0.05) is 0 Å². The minimum absolute atomic E-state index is 0.00250. The SMILES string of the molecule is CC(C)N(C(=O)Cn1cnc2ccc([N+](=O)[O-])cc2c1=O)C(C)C. The van der Waals surface area contributed by atoms with Gasteiger partial charge in [0.1, 0.15) is 6.54 Å². The maximum atomic E-state index is 12.5. The number of fused-ring (bicyclic) bond motifs is 1. The van der Waals surface area contributed by atoms with E-state index in [1.165, 1.54) is 29.1 Å². The molecule has 0 radical (unpaired) electrons. The Bertz CT molecular complexity index is 834. The Labute approximate surface area is 138 Å². The Morgan fingerprint density at radius 2 is 1.92 bits per heavy atom. The second-order valence-corrected chi connectivity index (χ2v) is 6.12. The second kappa shape index (κ2) is 6.77. The number of nitro groups is 1. The first-order valence-electron chi connectivity index (χ1n) is 7.67. The van der Waals surface area contributed by atoms with Crippen molar-refractivity contribution < 1.29 is 9.72 Å². The molecule has 0 aliphatic rings. The quantitative estimate of drug-likeness (QED) is 0.615. The van der Waals surface area contributed by atoms with Crippen molar-refractivity contribution in [3.8, 4) is 0 Å². The lowest BCUT2D eigenvalue weighted by molar-refractivity contribution is -0.384. The van der Waals surface area contributed by atoms with Gasteiger partial charge in [-0.2, -0.15) is 0 Å². The van der Waals surface area contributed by atoms with Crippen LogP contribution in [0, 0.1) is 10.1 Å². The van der Waals surface area contributed by atoms with Crippen LogP contribution in [0.15, 0.2) is 29.3 Å². The van der Waals surface area contributed by atoms with E-state index in [-0.39, 0.29) is 35.6 Å². The van der Waals surface area contributed by atoms with E-state index >= 15 is 0 Å². The third-order valence-corrected chi connectivity index (χ3v) is 3.72. The number of nitrogens with zero attached hydrogens (tertiary/aromatic N) is 4. The average molecular weight is 332 g/mol. The fourth-order valence-corrected chi connectivity index (χ4v) is 2.77. The van der Waals surface area contributed by atoms with E-state index in [0.717, 1.165) is 0 Å². The largest absolute Gasteiger partial charge is 0.336 e. The number of nitro benzene ring substituents is 1. The van der Waals surface area contributed by atoms with Crippen LogP contribution in [0.1, 0.15) is 27.7 Å². The molecule has 24 heavy (non-hydrogen) atoms. The van der Waals surface area contributed by atoms with Gasteiger partial charge in [0.25, 0.3) is 11.2 Å². The number of amides is 1. The Kier molecular flexibility index (Phi) is 4.96. The van der Waals surface area contributed by atoms with E-state index in [1.54, 1.807) is 4.90 Å². The molecular weight excluding hydrogens is 312 g/mol. The molecule has 8 heteroatoms. The molecular formula is C16H20N4O4. The zero-order valence-electron chi connectivity index (χ0n) is 14.1. The molecule has 1 aromatic heterocycles. The fraction of sp³-hybridized carbons (Fsp3) is 0.438. The predicted octanol–water partition coefficient (Wildman–Crippen LogP) is 1.95. The molecule has 0 unspecified atom stereocenters. The van der Waals surface area contributed by atoms with Crippen LogP contribution in [0.3, 0.4) is 0 Å². The molecule has 1 amide bonds. The summed E-state index contributed by atoms with van der Waals surface area (Å²) in [7, 11) is 0. The summed E-state index contributed by atoms with van der Waals surface area (Å²) in [5.74, 6) is -0.200. The highest BCUT2D eigenvalue weighted by molar-refractivity contribution is 5.81. The molecule has 0 spiro atoms. The van der Waals surface area contributed by atoms with Gasteiger partial charge in [0, 0.05) is 24.2 Å². The molecule has 0 saturated carbocycles. The van der Waals surface area contributed by atoms with E-state index in [4.69, 9.17) is 0 Å². The van der Waals surface area contributed by atoms with E-state index in [2.05, 4.69) is 4.98 Å². The molecule has 0 N–H and O–H groups in total.